The number of carbonyl (C=O) groups excluding carboxylic acids is 1. The van der Waals surface area contributed by atoms with Crippen LogP contribution in [0.15, 0.2) is 48.7 Å². The molecule has 24 heavy (non-hydrogen) atoms. The van der Waals surface area contributed by atoms with Crippen LogP contribution < -0.4 is 10.0 Å². The molecule has 0 spiro atoms. The van der Waals surface area contributed by atoms with E-state index in [1.807, 2.05) is 0 Å². The highest BCUT2D eigenvalue weighted by Gasteiger charge is 2.20. The zero-order valence-corrected chi connectivity index (χ0v) is 14.7. The quantitative estimate of drug-likeness (QED) is 0.870. The number of anilines is 1. The highest BCUT2D eigenvalue weighted by Crippen LogP contribution is 2.12. The average Bonchev–Trinajstić information content (AvgIpc) is 2.45. The van der Waals surface area contributed by atoms with E-state index in [4.69, 9.17) is 0 Å². The van der Waals surface area contributed by atoms with E-state index in [1.54, 1.807) is 69.4 Å². The van der Waals surface area contributed by atoms with Crippen LogP contribution in [0.2, 0.25) is 0 Å². The summed E-state index contributed by atoms with van der Waals surface area (Å²) in [6, 6.07) is 11.7. The van der Waals surface area contributed by atoms with Gasteiger partial charge in [0, 0.05) is 17.3 Å². The Balaban J connectivity index is 2.13. The minimum absolute atomic E-state index is 0.186. The summed E-state index contributed by atoms with van der Waals surface area (Å²) in [5.74, 6) is -0.0822. The van der Waals surface area contributed by atoms with E-state index in [9.17, 15) is 13.2 Å². The van der Waals surface area contributed by atoms with Gasteiger partial charge in [-0.2, -0.15) is 0 Å². The number of carbonyl (C=O) groups is 1. The molecule has 2 rings (SSSR count). The maximum Gasteiger partial charge on any atom is 0.256 e. The highest BCUT2D eigenvalue weighted by molar-refractivity contribution is 7.88. The summed E-state index contributed by atoms with van der Waals surface area (Å²) >= 11 is 0. The molecule has 0 aliphatic carbocycles. The van der Waals surface area contributed by atoms with Crippen molar-refractivity contribution in [1.82, 2.24) is 9.71 Å². The molecular weight excluding hydrogens is 326 g/mol. The second-order valence-electron chi connectivity index (χ2n) is 6.48. The minimum Gasteiger partial charge on any atom is -0.307 e. The molecule has 0 bridgehead atoms. The molecular formula is C17H21N3O3S. The van der Waals surface area contributed by atoms with E-state index in [1.165, 1.54) is 0 Å². The van der Waals surface area contributed by atoms with E-state index in [0.717, 1.165) is 0 Å². The Morgan fingerprint density at radius 2 is 1.88 bits per heavy atom. The topological polar surface area (TPSA) is 88.2 Å². The minimum atomic E-state index is -3.49. The predicted octanol–water partition coefficient (Wildman–Crippen LogP) is 2.55. The molecule has 1 amide bonds. The lowest BCUT2D eigenvalue weighted by Gasteiger charge is -2.20. The van der Waals surface area contributed by atoms with Gasteiger partial charge in [-0.1, -0.05) is 18.2 Å². The standard InChI is InChI=1S/C17H21N3O3S/c1-17(2,3)20-24(22,23)12-13-7-6-8-14(11-13)16(21)19-15-9-4-5-10-18-15/h4-11,20H,12H2,1-3H3,(H,18,19,21). The van der Waals surface area contributed by atoms with Crippen molar-refractivity contribution in [3.63, 3.8) is 0 Å². The van der Waals surface area contributed by atoms with Gasteiger partial charge >= 0.3 is 0 Å². The third-order valence-electron chi connectivity index (χ3n) is 2.91. The first-order valence-electron chi connectivity index (χ1n) is 7.48. The molecule has 2 N–H and O–H groups in total. The fourth-order valence-electron chi connectivity index (χ4n) is 2.15. The monoisotopic (exact) mass is 347 g/mol. The highest BCUT2D eigenvalue weighted by atomic mass is 32.2. The first kappa shape index (κ1) is 18.1. The molecule has 128 valence electrons. The second-order valence-corrected chi connectivity index (χ2v) is 8.20. The molecule has 7 heteroatoms. The lowest BCUT2D eigenvalue weighted by molar-refractivity contribution is 0.102. The van der Waals surface area contributed by atoms with Gasteiger partial charge in [-0.15, -0.1) is 0 Å². The molecule has 1 aromatic carbocycles. The Hall–Kier alpha value is -2.25. The molecule has 0 saturated carbocycles. The van der Waals surface area contributed by atoms with Crippen LogP contribution in [0.5, 0.6) is 0 Å². The maximum atomic E-state index is 12.2. The molecule has 0 atom stereocenters. The largest absolute Gasteiger partial charge is 0.307 e. The van der Waals surface area contributed by atoms with Crippen molar-refractivity contribution in [1.29, 1.82) is 0 Å². The van der Waals surface area contributed by atoms with Gasteiger partial charge < -0.3 is 5.32 Å². The van der Waals surface area contributed by atoms with Crippen LogP contribution in [0.4, 0.5) is 5.82 Å². The number of rotatable bonds is 5. The lowest BCUT2D eigenvalue weighted by Crippen LogP contribution is -2.41. The first-order chi connectivity index (χ1) is 11.1. The van der Waals surface area contributed by atoms with Gasteiger partial charge in [-0.05, 0) is 50.6 Å². The Morgan fingerprint density at radius 3 is 2.50 bits per heavy atom. The molecule has 0 fully saturated rings. The van der Waals surface area contributed by atoms with Crippen LogP contribution in [0.25, 0.3) is 0 Å². The second kappa shape index (κ2) is 7.11. The van der Waals surface area contributed by atoms with Gasteiger partial charge in [-0.25, -0.2) is 18.1 Å². The number of amides is 1. The number of pyridine rings is 1. The molecule has 2 aromatic rings. The summed E-state index contributed by atoms with van der Waals surface area (Å²) in [5.41, 5.74) is 0.372. The number of nitrogens with zero attached hydrogens (tertiary/aromatic N) is 1. The fraction of sp³-hybridized carbons (Fsp3) is 0.294. The summed E-state index contributed by atoms with van der Waals surface area (Å²) in [7, 11) is -3.49. The molecule has 0 aliphatic heterocycles. The SMILES string of the molecule is CC(C)(C)NS(=O)(=O)Cc1cccc(C(=O)Nc2ccccn2)c1. The van der Waals surface area contributed by atoms with Crippen molar-refractivity contribution in [2.45, 2.75) is 32.1 Å². The van der Waals surface area contributed by atoms with Crippen LogP contribution in [0.3, 0.4) is 0 Å². The van der Waals surface area contributed by atoms with Crippen LogP contribution in [0, 0.1) is 0 Å². The van der Waals surface area contributed by atoms with E-state index < -0.39 is 15.6 Å². The fourth-order valence-corrected chi connectivity index (χ4v) is 3.77. The number of hydrogen-bond acceptors (Lipinski definition) is 4. The van der Waals surface area contributed by atoms with Crippen molar-refractivity contribution in [3.05, 3.63) is 59.8 Å². The van der Waals surface area contributed by atoms with Crippen LogP contribution >= 0.6 is 0 Å². The van der Waals surface area contributed by atoms with E-state index in [0.29, 0.717) is 16.9 Å². The summed E-state index contributed by atoms with van der Waals surface area (Å²) in [6.07, 6.45) is 1.58. The third kappa shape index (κ3) is 5.75. The Labute approximate surface area is 142 Å². The summed E-state index contributed by atoms with van der Waals surface area (Å²) in [6.45, 7) is 5.34. The summed E-state index contributed by atoms with van der Waals surface area (Å²) in [5, 5.41) is 2.67. The first-order valence-corrected chi connectivity index (χ1v) is 9.13. The van der Waals surface area contributed by atoms with Crippen molar-refractivity contribution >= 4 is 21.7 Å². The van der Waals surface area contributed by atoms with Crippen LogP contribution in [-0.4, -0.2) is 24.8 Å². The molecule has 0 unspecified atom stereocenters. The third-order valence-corrected chi connectivity index (χ3v) is 4.55. The van der Waals surface area contributed by atoms with Crippen LogP contribution in [-0.2, 0) is 15.8 Å². The molecule has 0 saturated heterocycles. The summed E-state index contributed by atoms with van der Waals surface area (Å²) in [4.78, 5) is 16.3. The zero-order chi connectivity index (χ0) is 17.8. The Morgan fingerprint density at radius 1 is 1.12 bits per heavy atom. The van der Waals surface area contributed by atoms with Crippen molar-refractivity contribution in [2.75, 3.05) is 5.32 Å². The number of sulfonamides is 1. The maximum absolute atomic E-state index is 12.2. The number of benzene rings is 1. The molecule has 1 heterocycles. The Bertz CT molecular complexity index is 812. The molecule has 0 radical (unpaired) electrons. The molecule has 6 nitrogen and oxygen atoms in total. The van der Waals surface area contributed by atoms with Gasteiger partial charge in [0.05, 0.1) is 5.75 Å². The molecule has 1 aromatic heterocycles. The van der Waals surface area contributed by atoms with Gasteiger partial charge in [0.15, 0.2) is 0 Å². The summed E-state index contributed by atoms with van der Waals surface area (Å²) < 4.78 is 26.9. The van der Waals surface area contributed by atoms with Crippen LogP contribution in [0.1, 0.15) is 36.7 Å². The molecule has 0 aliphatic rings. The lowest BCUT2D eigenvalue weighted by atomic mass is 10.1. The van der Waals surface area contributed by atoms with E-state index in [2.05, 4.69) is 15.0 Å². The van der Waals surface area contributed by atoms with Crippen molar-refractivity contribution in [3.8, 4) is 0 Å². The van der Waals surface area contributed by atoms with Gasteiger partial charge in [0.1, 0.15) is 5.82 Å². The van der Waals surface area contributed by atoms with Crippen molar-refractivity contribution in [2.24, 2.45) is 0 Å². The van der Waals surface area contributed by atoms with Crippen molar-refractivity contribution < 1.29 is 13.2 Å². The van der Waals surface area contributed by atoms with Gasteiger partial charge in [-0.3, -0.25) is 4.79 Å². The number of aromatic nitrogens is 1. The smallest absolute Gasteiger partial charge is 0.256 e. The van der Waals surface area contributed by atoms with E-state index in [-0.39, 0.29) is 11.7 Å². The average molecular weight is 347 g/mol. The number of hydrogen-bond donors (Lipinski definition) is 2. The zero-order valence-electron chi connectivity index (χ0n) is 13.9. The predicted molar refractivity (Wildman–Crippen MR) is 94.1 cm³/mol. The number of nitrogens with one attached hydrogen (secondary N) is 2. The van der Waals surface area contributed by atoms with E-state index >= 15 is 0 Å². The van der Waals surface area contributed by atoms with Gasteiger partial charge in [0.25, 0.3) is 5.91 Å². The normalized spacial score (nSPS) is 12.0. The Kier molecular flexibility index (Phi) is 5.36. The van der Waals surface area contributed by atoms with Gasteiger partial charge in [0.2, 0.25) is 10.0 Å².